The molecule has 0 bridgehead atoms. The number of nitrogens with one attached hydrogen (secondary N) is 1. The molecule has 2 radical (unpaired) electrons. The van der Waals surface area contributed by atoms with E-state index < -0.39 is 36.7 Å². The van der Waals surface area contributed by atoms with Gasteiger partial charge in [-0.3, -0.25) is 14.3 Å². The van der Waals surface area contributed by atoms with E-state index >= 15 is 0 Å². The third kappa shape index (κ3) is 3.50. The van der Waals surface area contributed by atoms with Crippen molar-refractivity contribution in [3.63, 3.8) is 0 Å². The fourth-order valence-electron chi connectivity index (χ4n) is 2.24. The van der Waals surface area contributed by atoms with Crippen LogP contribution in [0, 0.1) is 0 Å². The van der Waals surface area contributed by atoms with Crippen molar-refractivity contribution in [2.45, 2.75) is 34.4 Å². The predicted molar refractivity (Wildman–Crippen MR) is 83.1 cm³/mol. The fraction of sp³-hybridized carbons (Fsp3) is 0.583. The van der Waals surface area contributed by atoms with Crippen LogP contribution < -0.4 is 11.3 Å². The molecule has 4 unspecified atom stereocenters. The maximum atomic E-state index is 11.7. The monoisotopic (exact) mass is 433 g/mol. The molecule has 3 rings (SSSR count). The van der Waals surface area contributed by atoms with E-state index in [-0.39, 0.29) is 38.3 Å². The molecule has 0 saturated carbocycles. The second-order valence-corrected chi connectivity index (χ2v) is 7.86. The summed E-state index contributed by atoms with van der Waals surface area (Å²) >= 11 is 0.230. The Hall–Kier alpha value is -1.21. The molecule has 11 heteroatoms. The van der Waals surface area contributed by atoms with Crippen molar-refractivity contribution in [2.24, 2.45) is 0 Å². The molecule has 2 aromatic rings. The first kappa shape index (κ1) is 18.1. The van der Waals surface area contributed by atoms with Crippen LogP contribution in [0.5, 0.6) is 0 Å². The van der Waals surface area contributed by atoms with Crippen LogP contribution in [-0.4, -0.2) is 80.9 Å². The van der Waals surface area contributed by atoms with E-state index in [1.165, 1.54) is 10.9 Å². The van der Waals surface area contributed by atoms with Gasteiger partial charge in [-0.15, -0.1) is 0 Å². The predicted octanol–water partition coefficient (Wildman–Crippen LogP) is -1.90. The number of nitrogens with two attached hydrogens (primary N) is 1. The number of fused-ring (bicyclic) bond motifs is 1. The Balaban J connectivity index is 0.000000595. The molecule has 23 heavy (non-hydrogen) atoms. The second-order valence-electron chi connectivity index (χ2n) is 5.00. The van der Waals surface area contributed by atoms with Crippen LogP contribution in [0.3, 0.4) is 0 Å². The van der Waals surface area contributed by atoms with E-state index in [9.17, 15) is 15.0 Å². The van der Waals surface area contributed by atoms with Gasteiger partial charge in [0.1, 0.15) is 18.3 Å². The van der Waals surface area contributed by atoms with Crippen molar-refractivity contribution in [1.82, 2.24) is 19.5 Å². The minimum atomic E-state index is -1.29. The average Bonchev–Trinajstić information content (AvgIpc) is 3.03. The van der Waals surface area contributed by atoms with Gasteiger partial charge < -0.3 is 25.8 Å². The standard InChI is InChI=1S/C10H13N5O5.2CH3.Sn/c11-10-13-7-4(8(19)14-10)12-2-15(7)9-6(18)5(17)3(1-16)20-9;;;/h2-3,5-6,9,16-18H,1H2,(H3,11,13,14,19);2*1H3;. The van der Waals surface area contributed by atoms with Crippen LogP contribution >= 0.6 is 0 Å². The first-order valence-electron chi connectivity index (χ1n) is 6.87. The second kappa shape index (κ2) is 7.57. The van der Waals surface area contributed by atoms with Gasteiger partial charge in [0.15, 0.2) is 17.4 Å². The number of H-pyrrole nitrogens is 1. The van der Waals surface area contributed by atoms with Crippen LogP contribution in [0.15, 0.2) is 11.1 Å². The van der Waals surface area contributed by atoms with E-state index in [4.69, 9.17) is 15.6 Å². The summed E-state index contributed by atoms with van der Waals surface area (Å²) in [5.41, 5.74) is 5.12. The third-order valence-corrected chi connectivity index (χ3v) is 3.24. The molecular weight excluding hydrogens is 413 g/mol. The normalized spacial score (nSPS) is 27.0. The number of hydrogen-bond acceptors (Lipinski definition) is 8. The molecule has 2 aromatic heterocycles. The van der Waals surface area contributed by atoms with Crippen LogP contribution in [0.25, 0.3) is 11.2 Å². The molecule has 0 aliphatic carbocycles. The van der Waals surface area contributed by atoms with Crippen molar-refractivity contribution in [3.05, 3.63) is 16.7 Å². The van der Waals surface area contributed by atoms with E-state index in [0.29, 0.717) is 0 Å². The number of aromatic amines is 1. The van der Waals surface area contributed by atoms with Crippen molar-refractivity contribution in [3.8, 4) is 0 Å². The van der Waals surface area contributed by atoms with Gasteiger partial charge in [0.2, 0.25) is 5.95 Å². The molecule has 0 aromatic carbocycles. The summed E-state index contributed by atoms with van der Waals surface area (Å²) in [6.45, 7) is -0.447. The zero-order valence-corrected chi connectivity index (χ0v) is 15.5. The molecule has 1 aliphatic heterocycles. The van der Waals surface area contributed by atoms with E-state index in [1.807, 2.05) is 0 Å². The summed E-state index contributed by atoms with van der Waals surface area (Å²) < 4.78 is 6.64. The summed E-state index contributed by atoms with van der Waals surface area (Å²) in [4.78, 5) is 26.4. The first-order chi connectivity index (χ1) is 10.9. The number of aliphatic hydroxyl groups excluding tert-OH is 3. The molecular formula is C12H19N5O5Sn. The molecule has 3 heterocycles. The number of imidazole rings is 1. The van der Waals surface area contributed by atoms with Gasteiger partial charge in [0.05, 0.1) is 12.9 Å². The van der Waals surface area contributed by atoms with Crippen LogP contribution in [0.4, 0.5) is 5.95 Å². The average molecular weight is 432 g/mol. The Morgan fingerprint density at radius 1 is 1.43 bits per heavy atom. The molecule has 10 nitrogen and oxygen atoms in total. The van der Waals surface area contributed by atoms with Gasteiger partial charge in [0.25, 0.3) is 5.56 Å². The fourth-order valence-corrected chi connectivity index (χ4v) is 2.24. The maximum absolute atomic E-state index is 11.7. The third-order valence-electron chi connectivity index (χ3n) is 3.24. The van der Waals surface area contributed by atoms with Crippen LogP contribution in [-0.2, 0) is 4.74 Å². The zero-order chi connectivity index (χ0) is 17.1. The first-order valence-corrected chi connectivity index (χ1v) is 12.6. The molecule has 4 atom stereocenters. The number of aliphatic hydroxyl groups is 3. The van der Waals surface area contributed by atoms with E-state index in [2.05, 4.69) is 24.8 Å². The summed E-state index contributed by atoms with van der Waals surface area (Å²) in [5.74, 6) is -0.101. The Kier molecular flexibility index (Phi) is 5.97. The number of rotatable bonds is 2. The molecule has 6 N–H and O–H groups in total. The summed E-state index contributed by atoms with van der Waals surface area (Å²) in [6, 6.07) is 0. The number of ether oxygens (including phenoxy) is 1. The molecule has 126 valence electrons. The summed E-state index contributed by atoms with van der Waals surface area (Å²) in [6.07, 6.45) is -3.21. The Bertz CT molecular complexity index is 719. The molecule has 1 saturated heterocycles. The summed E-state index contributed by atoms with van der Waals surface area (Å²) in [5, 5.41) is 28.7. The quantitative estimate of drug-likeness (QED) is 0.344. The molecule has 1 fully saturated rings. The molecule has 0 spiro atoms. The Morgan fingerprint density at radius 3 is 2.65 bits per heavy atom. The number of aromatic nitrogens is 4. The Labute approximate surface area is 141 Å². The van der Waals surface area contributed by atoms with E-state index in [0.717, 1.165) is 0 Å². The number of nitrogen functional groups attached to an aromatic ring is 1. The van der Waals surface area contributed by atoms with Crippen molar-refractivity contribution >= 4 is 38.3 Å². The van der Waals surface area contributed by atoms with Crippen molar-refractivity contribution in [1.29, 1.82) is 0 Å². The zero-order valence-electron chi connectivity index (χ0n) is 12.7. The summed E-state index contributed by atoms with van der Waals surface area (Å²) in [7, 11) is 0. The molecule has 1 aliphatic rings. The van der Waals surface area contributed by atoms with E-state index in [1.54, 1.807) is 0 Å². The van der Waals surface area contributed by atoms with Crippen LogP contribution in [0.1, 0.15) is 6.23 Å². The number of nitrogens with zero attached hydrogens (tertiary/aromatic N) is 3. The number of anilines is 1. The van der Waals surface area contributed by atoms with Crippen molar-refractivity contribution in [2.75, 3.05) is 12.3 Å². The van der Waals surface area contributed by atoms with Gasteiger partial charge in [0, 0.05) is 0 Å². The van der Waals surface area contributed by atoms with Gasteiger partial charge >= 0.3 is 31.0 Å². The minimum absolute atomic E-state index is 0.0388. The van der Waals surface area contributed by atoms with Gasteiger partial charge in [-0.25, -0.2) is 4.98 Å². The SMILES string of the molecule is Nc1nc2c(ncn2C2OC(CO)C(O)C2O)c(=O)[nH]1.[CH3][Sn][CH3]. The Morgan fingerprint density at radius 2 is 2.09 bits per heavy atom. The van der Waals surface area contributed by atoms with Gasteiger partial charge in [-0.2, -0.15) is 4.98 Å². The topological polar surface area (TPSA) is 160 Å². The van der Waals surface area contributed by atoms with Gasteiger partial charge in [-0.05, 0) is 0 Å². The van der Waals surface area contributed by atoms with Gasteiger partial charge in [-0.1, -0.05) is 0 Å². The van der Waals surface area contributed by atoms with Crippen LogP contribution in [0.2, 0.25) is 9.88 Å². The molecule has 0 amide bonds. The number of hydrogen-bond donors (Lipinski definition) is 5. The van der Waals surface area contributed by atoms with Crippen molar-refractivity contribution < 1.29 is 20.1 Å².